The molecule has 4 atom stereocenters. The second-order valence-corrected chi connectivity index (χ2v) is 11.5. The van der Waals surface area contributed by atoms with Crippen molar-refractivity contribution >= 4 is 29.2 Å². The molecule has 3 aliphatic rings. The number of aryl methyl sites for hydroxylation is 1. The Morgan fingerprint density at radius 1 is 0.884 bits per heavy atom. The third-order valence-corrected chi connectivity index (χ3v) is 9.07. The fourth-order valence-electron chi connectivity index (χ4n) is 7.23. The number of amides is 1. The first-order chi connectivity index (χ1) is 21.0. The van der Waals surface area contributed by atoms with Gasteiger partial charge in [0.2, 0.25) is 5.91 Å². The first-order valence-corrected chi connectivity index (χ1v) is 14.8. The molecule has 7 rings (SSSR count). The summed E-state index contributed by atoms with van der Waals surface area (Å²) in [7, 11) is 0. The van der Waals surface area contributed by atoms with Gasteiger partial charge in [-0.3, -0.25) is 14.4 Å². The Morgan fingerprint density at radius 2 is 1.60 bits per heavy atom. The molecule has 3 aliphatic heterocycles. The lowest BCUT2D eigenvalue weighted by Gasteiger charge is -2.38. The Labute approximate surface area is 251 Å². The van der Waals surface area contributed by atoms with Crippen LogP contribution in [0.25, 0.3) is 6.08 Å². The van der Waals surface area contributed by atoms with Gasteiger partial charge in [0.25, 0.3) is 0 Å². The molecule has 1 N–H and O–H groups in total. The molecule has 0 aromatic heterocycles. The summed E-state index contributed by atoms with van der Waals surface area (Å²) in [6.07, 6.45) is 4.65. The van der Waals surface area contributed by atoms with Crippen molar-refractivity contribution in [1.82, 2.24) is 4.90 Å². The normalized spacial score (nSPS) is 23.0. The molecule has 6 nitrogen and oxygen atoms in total. The predicted octanol–water partition coefficient (Wildman–Crippen LogP) is 6.77. The van der Waals surface area contributed by atoms with E-state index in [0.29, 0.717) is 29.2 Å². The van der Waals surface area contributed by atoms with E-state index in [2.05, 4.69) is 5.32 Å². The Bertz CT molecular complexity index is 1790. The molecule has 1 fully saturated rings. The van der Waals surface area contributed by atoms with Crippen molar-refractivity contribution in [2.24, 2.45) is 5.92 Å². The van der Waals surface area contributed by atoms with Crippen LogP contribution in [0, 0.1) is 12.8 Å². The standard InChI is InChI=1S/C37H32N2O4/c1-3-22-43-30-15-9-6-12-27(30)34(41)32-31(33(40)25-18-16-23(2)17-19-25)37(28-13-7-8-14-29(28)38-36(37)42)35-26-11-5-4-10-24(26)20-21-39(32)35/h4-21,31-32,35H,3,22H2,1-2H3,(H,38,42). The van der Waals surface area contributed by atoms with Crippen LogP contribution in [0.15, 0.2) is 103 Å². The molecular weight excluding hydrogens is 536 g/mol. The van der Waals surface area contributed by atoms with E-state index >= 15 is 0 Å². The number of carbonyl (C=O) groups is 3. The number of Topliss-reactive ketones (excluding diaryl/α,β-unsaturated/α-hetero) is 2. The highest BCUT2D eigenvalue weighted by Crippen LogP contribution is 2.62. The Morgan fingerprint density at radius 3 is 2.42 bits per heavy atom. The number of para-hydroxylation sites is 2. The van der Waals surface area contributed by atoms with Gasteiger partial charge in [-0.25, -0.2) is 0 Å². The molecule has 4 unspecified atom stereocenters. The van der Waals surface area contributed by atoms with E-state index in [4.69, 9.17) is 4.74 Å². The van der Waals surface area contributed by atoms with Gasteiger partial charge in [0.15, 0.2) is 11.6 Å². The minimum Gasteiger partial charge on any atom is -0.493 e. The average molecular weight is 569 g/mol. The van der Waals surface area contributed by atoms with Crippen molar-refractivity contribution in [2.75, 3.05) is 11.9 Å². The van der Waals surface area contributed by atoms with Crippen LogP contribution in [0.2, 0.25) is 0 Å². The van der Waals surface area contributed by atoms with Gasteiger partial charge in [0.1, 0.15) is 17.2 Å². The van der Waals surface area contributed by atoms with E-state index in [1.165, 1.54) is 0 Å². The number of ether oxygens (including phenoxy) is 1. The van der Waals surface area contributed by atoms with Gasteiger partial charge in [-0.05, 0) is 54.3 Å². The van der Waals surface area contributed by atoms with E-state index in [-0.39, 0.29) is 17.5 Å². The first kappa shape index (κ1) is 26.9. The van der Waals surface area contributed by atoms with Crippen molar-refractivity contribution < 1.29 is 19.1 Å². The van der Waals surface area contributed by atoms with E-state index in [1.54, 1.807) is 24.3 Å². The largest absolute Gasteiger partial charge is 0.493 e. The van der Waals surface area contributed by atoms with Crippen molar-refractivity contribution in [3.8, 4) is 5.75 Å². The van der Waals surface area contributed by atoms with Crippen LogP contribution in [0.1, 0.15) is 62.4 Å². The summed E-state index contributed by atoms with van der Waals surface area (Å²) in [5.41, 5.74) is 3.79. The SMILES string of the molecule is CCCOc1ccccc1C(=O)C1C(C(=O)c2ccc(C)cc2)C2(C(=O)Nc3ccccc32)C2c3ccccc3C=CN12. The Hall–Kier alpha value is -4.97. The summed E-state index contributed by atoms with van der Waals surface area (Å²) in [6, 6.07) is 28.5. The highest BCUT2D eigenvalue weighted by Gasteiger charge is 2.70. The van der Waals surface area contributed by atoms with E-state index in [1.807, 2.05) is 104 Å². The second-order valence-electron chi connectivity index (χ2n) is 11.5. The number of ketones is 2. The topological polar surface area (TPSA) is 75.7 Å². The van der Waals surface area contributed by atoms with E-state index in [9.17, 15) is 14.4 Å². The Kier molecular flexibility index (Phi) is 6.50. The monoisotopic (exact) mass is 568 g/mol. The zero-order chi connectivity index (χ0) is 29.7. The number of hydrogen-bond acceptors (Lipinski definition) is 5. The van der Waals surface area contributed by atoms with E-state index < -0.39 is 23.4 Å². The molecule has 0 radical (unpaired) electrons. The highest BCUT2D eigenvalue weighted by molar-refractivity contribution is 6.17. The van der Waals surface area contributed by atoms with E-state index in [0.717, 1.165) is 28.7 Å². The fraction of sp³-hybridized carbons (Fsp3) is 0.216. The molecule has 0 bridgehead atoms. The summed E-state index contributed by atoms with van der Waals surface area (Å²) in [6.45, 7) is 4.44. The number of nitrogens with zero attached hydrogens (tertiary/aromatic N) is 1. The van der Waals surface area contributed by atoms with Crippen LogP contribution < -0.4 is 10.1 Å². The number of anilines is 1. The number of nitrogens with one attached hydrogen (secondary N) is 1. The lowest BCUT2D eigenvalue weighted by Crippen LogP contribution is -2.49. The van der Waals surface area contributed by atoms with Gasteiger partial charge in [-0.1, -0.05) is 91.3 Å². The molecule has 1 spiro atoms. The van der Waals surface area contributed by atoms with Crippen molar-refractivity contribution in [3.63, 3.8) is 0 Å². The van der Waals surface area contributed by atoms with Crippen LogP contribution in [-0.4, -0.2) is 35.0 Å². The number of fused-ring (bicyclic) bond motifs is 6. The Balaban J connectivity index is 1.51. The maximum absolute atomic E-state index is 14.9. The summed E-state index contributed by atoms with van der Waals surface area (Å²) in [5.74, 6) is -1.31. The number of benzene rings is 4. The van der Waals surface area contributed by atoms with Gasteiger partial charge in [0, 0.05) is 17.5 Å². The van der Waals surface area contributed by atoms with Crippen LogP contribution in [0.4, 0.5) is 5.69 Å². The second kappa shape index (κ2) is 10.4. The summed E-state index contributed by atoms with van der Waals surface area (Å²) >= 11 is 0. The zero-order valence-electron chi connectivity index (χ0n) is 24.1. The lowest BCUT2D eigenvalue weighted by molar-refractivity contribution is -0.122. The highest BCUT2D eigenvalue weighted by atomic mass is 16.5. The number of rotatable bonds is 7. The van der Waals surface area contributed by atoms with Crippen molar-refractivity contribution in [3.05, 3.63) is 137 Å². The van der Waals surface area contributed by atoms with Crippen LogP contribution in [-0.2, 0) is 10.2 Å². The molecule has 1 amide bonds. The summed E-state index contributed by atoms with van der Waals surface area (Å²) in [5, 5.41) is 3.10. The summed E-state index contributed by atoms with van der Waals surface area (Å²) in [4.78, 5) is 46.4. The zero-order valence-corrected chi connectivity index (χ0v) is 24.1. The molecular formula is C37H32N2O4. The molecule has 4 aromatic carbocycles. The third kappa shape index (κ3) is 3.97. The van der Waals surface area contributed by atoms with Crippen LogP contribution in [0.5, 0.6) is 5.75 Å². The minimum atomic E-state index is -1.36. The quantitative estimate of drug-likeness (QED) is 0.249. The maximum atomic E-state index is 14.9. The smallest absolute Gasteiger partial charge is 0.238 e. The van der Waals surface area contributed by atoms with Gasteiger partial charge in [-0.15, -0.1) is 0 Å². The maximum Gasteiger partial charge on any atom is 0.238 e. The van der Waals surface area contributed by atoms with Gasteiger partial charge in [-0.2, -0.15) is 0 Å². The van der Waals surface area contributed by atoms with Crippen LogP contribution >= 0.6 is 0 Å². The molecule has 6 heteroatoms. The van der Waals surface area contributed by atoms with Crippen molar-refractivity contribution in [1.29, 1.82) is 0 Å². The van der Waals surface area contributed by atoms with Crippen LogP contribution in [0.3, 0.4) is 0 Å². The molecule has 214 valence electrons. The third-order valence-electron chi connectivity index (χ3n) is 9.07. The average Bonchev–Trinajstić information content (AvgIpc) is 3.52. The van der Waals surface area contributed by atoms with Gasteiger partial charge in [0.05, 0.1) is 24.1 Å². The molecule has 0 saturated carbocycles. The molecule has 4 aromatic rings. The molecule has 0 aliphatic carbocycles. The van der Waals surface area contributed by atoms with Gasteiger partial charge >= 0.3 is 0 Å². The first-order valence-electron chi connectivity index (χ1n) is 14.8. The number of hydrogen-bond donors (Lipinski definition) is 1. The molecule has 43 heavy (non-hydrogen) atoms. The predicted molar refractivity (Wildman–Crippen MR) is 166 cm³/mol. The fourth-order valence-corrected chi connectivity index (χ4v) is 7.23. The molecule has 3 heterocycles. The molecule has 1 saturated heterocycles. The lowest BCUT2D eigenvalue weighted by atomic mass is 9.62. The van der Waals surface area contributed by atoms with Crippen molar-refractivity contribution in [2.45, 2.75) is 37.8 Å². The minimum absolute atomic E-state index is 0.238. The number of carbonyl (C=O) groups excluding carboxylic acids is 3. The van der Waals surface area contributed by atoms with Gasteiger partial charge < -0.3 is 15.0 Å². The summed E-state index contributed by atoms with van der Waals surface area (Å²) < 4.78 is 6.03.